The number of rotatable bonds is 1. The average molecular weight is 116 g/mol. The molecule has 0 aromatic carbocycles. The summed E-state index contributed by atoms with van der Waals surface area (Å²) in [6, 6.07) is 1.40. The van der Waals surface area contributed by atoms with Crippen molar-refractivity contribution in [3.63, 3.8) is 0 Å². The van der Waals surface area contributed by atoms with Gasteiger partial charge in [-0.1, -0.05) is 4.48 Å². The number of hydrogen-bond donors (Lipinski definition) is 1. The van der Waals surface area contributed by atoms with E-state index in [1.54, 1.807) is 0 Å². The topological polar surface area (TPSA) is 38.0 Å². The van der Waals surface area contributed by atoms with E-state index >= 15 is 0 Å². The molecule has 3 nitrogen and oxygen atoms in total. The van der Waals surface area contributed by atoms with Gasteiger partial charge >= 0.3 is 0 Å². The van der Waals surface area contributed by atoms with Crippen LogP contribution in [0.15, 0.2) is 12.3 Å². The van der Waals surface area contributed by atoms with E-state index in [1.165, 1.54) is 6.07 Å². The van der Waals surface area contributed by atoms with Crippen molar-refractivity contribution in [2.45, 2.75) is 6.61 Å². The first-order chi connectivity index (χ1) is 3.83. The van der Waals surface area contributed by atoms with Gasteiger partial charge in [0.2, 0.25) is 0 Å². The van der Waals surface area contributed by atoms with Gasteiger partial charge in [0.05, 0.1) is 18.5 Å². The van der Waals surface area contributed by atoms with Crippen molar-refractivity contribution in [1.82, 2.24) is 10.0 Å². The molecule has 1 aromatic heterocycles. The third-order valence-electron chi connectivity index (χ3n) is 0.776. The predicted octanol–water partition coefficient (Wildman–Crippen LogP) is 0.108. The molecule has 0 unspecified atom stereocenters. The van der Waals surface area contributed by atoms with Crippen LogP contribution in [-0.2, 0) is 6.61 Å². The van der Waals surface area contributed by atoms with Crippen LogP contribution >= 0.6 is 0 Å². The zero-order chi connectivity index (χ0) is 5.98. The molecule has 1 N–H and O–H groups in total. The van der Waals surface area contributed by atoms with E-state index in [4.69, 9.17) is 5.11 Å². The lowest BCUT2D eigenvalue weighted by Crippen LogP contribution is -1.85. The second-order valence-corrected chi connectivity index (χ2v) is 1.35. The Morgan fingerprint density at radius 3 is 2.88 bits per heavy atom. The van der Waals surface area contributed by atoms with Crippen LogP contribution in [0.4, 0.5) is 4.48 Å². The van der Waals surface area contributed by atoms with Gasteiger partial charge in [-0.25, -0.2) is 0 Å². The van der Waals surface area contributed by atoms with Crippen molar-refractivity contribution < 1.29 is 9.59 Å². The molecule has 0 aliphatic carbocycles. The number of aromatic nitrogens is 2. The molecule has 4 heteroatoms. The fourth-order valence-electron chi connectivity index (χ4n) is 0.421. The first-order valence-electron chi connectivity index (χ1n) is 2.14. The number of nitrogens with zero attached hydrogens (tertiary/aromatic N) is 2. The molecule has 1 rings (SSSR count). The highest BCUT2D eigenvalue weighted by molar-refractivity contribution is 4.95. The Bertz CT molecular complexity index is 174. The molecule has 0 radical (unpaired) electrons. The molecule has 8 heavy (non-hydrogen) atoms. The SMILES string of the molecule is OCc1ccn(F)n1. The second-order valence-electron chi connectivity index (χ2n) is 1.35. The van der Waals surface area contributed by atoms with Gasteiger partial charge in [0, 0.05) is 0 Å². The molecule has 0 fully saturated rings. The summed E-state index contributed by atoms with van der Waals surface area (Å²) in [4.78, 5) is 0.158. The molecule has 0 aliphatic rings. The maximum Gasteiger partial charge on any atom is 0.0907 e. The average Bonchev–Trinajstić information content (AvgIpc) is 2.14. The minimum Gasteiger partial charge on any atom is -0.390 e. The van der Waals surface area contributed by atoms with Crippen molar-refractivity contribution >= 4 is 0 Å². The van der Waals surface area contributed by atoms with Gasteiger partial charge < -0.3 is 5.11 Å². The van der Waals surface area contributed by atoms with Gasteiger partial charge in [0.15, 0.2) is 0 Å². The zero-order valence-corrected chi connectivity index (χ0v) is 4.08. The van der Waals surface area contributed by atoms with E-state index in [-0.39, 0.29) is 11.5 Å². The zero-order valence-electron chi connectivity index (χ0n) is 4.08. The van der Waals surface area contributed by atoms with Crippen molar-refractivity contribution in [3.05, 3.63) is 18.0 Å². The molecule has 0 saturated heterocycles. The molecule has 0 atom stereocenters. The molecule has 0 aliphatic heterocycles. The molecule has 0 amide bonds. The van der Waals surface area contributed by atoms with E-state index in [2.05, 4.69) is 5.10 Å². The number of aliphatic hydroxyl groups excluding tert-OH is 1. The standard InChI is InChI=1S/C4H5FN2O/c5-7-2-1-4(3-8)6-7/h1-2,8H,3H2. The van der Waals surface area contributed by atoms with Gasteiger partial charge in [-0.2, -0.15) is 0 Å². The summed E-state index contributed by atoms with van der Waals surface area (Å²) in [7, 11) is 0. The van der Waals surface area contributed by atoms with Gasteiger partial charge in [-0.3, -0.25) is 0 Å². The van der Waals surface area contributed by atoms with E-state index in [9.17, 15) is 4.48 Å². The van der Waals surface area contributed by atoms with E-state index in [0.717, 1.165) is 6.20 Å². The maximum absolute atomic E-state index is 11.8. The van der Waals surface area contributed by atoms with E-state index in [1.807, 2.05) is 0 Å². The Hall–Kier alpha value is -0.900. The normalized spacial score (nSPS) is 9.75. The molecule has 0 bridgehead atoms. The molecule has 0 spiro atoms. The molecule has 0 saturated carbocycles. The summed E-state index contributed by atoms with van der Waals surface area (Å²) in [6.07, 6.45) is 1.13. The lowest BCUT2D eigenvalue weighted by molar-refractivity contribution is 0.262. The van der Waals surface area contributed by atoms with E-state index < -0.39 is 0 Å². The molecular weight excluding hydrogens is 111 g/mol. The Kier molecular flexibility index (Phi) is 1.26. The third-order valence-corrected chi connectivity index (χ3v) is 0.776. The quantitative estimate of drug-likeness (QED) is 0.565. The van der Waals surface area contributed by atoms with Crippen LogP contribution in [-0.4, -0.2) is 15.1 Å². The Balaban J connectivity index is 2.84. The first kappa shape index (κ1) is 5.24. The first-order valence-corrected chi connectivity index (χ1v) is 2.14. The van der Waals surface area contributed by atoms with Gasteiger partial charge in [-0.15, -0.1) is 10.0 Å². The molecule has 1 aromatic rings. The summed E-state index contributed by atoms with van der Waals surface area (Å²) in [6.45, 7) is -0.211. The van der Waals surface area contributed by atoms with Crippen LogP contribution in [0.3, 0.4) is 0 Å². The van der Waals surface area contributed by atoms with Gasteiger partial charge in [0.1, 0.15) is 0 Å². The summed E-state index contributed by atoms with van der Waals surface area (Å²) in [5.74, 6) is 0. The summed E-state index contributed by atoms with van der Waals surface area (Å²) in [5.41, 5.74) is 0.340. The summed E-state index contributed by atoms with van der Waals surface area (Å²) in [5, 5.41) is 11.5. The number of hydrogen-bond acceptors (Lipinski definition) is 2. The van der Waals surface area contributed by atoms with Crippen LogP contribution in [0, 0.1) is 0 Å². The van der Waals surface area contributed by atoms with Crippen molar-refractivity contribution in [2.24, 2.45) is 0 Å². The highest BCUT2D eigenvalue weighted by Crippen LogP contribution is 1.92. The lowest BCUT2D eigenvalue weighted by Gasteiger charge is -1.79. The Morgan fingerprint density at radius 2 is 2.62 bits per heavy atom. The van der Waals surface area contributed by atoms with Gasteiger partial charge in [-0.05, 0) is 6.07 Å². The molecule has 44 valence electrons. The smallest absolute Gasteiger partial charge is 0.0907 e. The monoisotopic (exact) mass is 116 g/mol. The predicted molar refractivity (Wildman–Crippen MR) is 24.7 cm³/mol. The maximum atomic E-state index is 11.8. The Labute approximate surface area is 45.3 Å². The number of aliphatic hydroxyl groups is 1. The highest BCUT2D eigenvalue weighted by Gasteiger charge is 1.92. The largest absolute Gasteiger partial charge is 0.390 e. The van der Waals surface area contributed by atoms with Crippen LogP contribution < -0.4 is 0 Å². The fourth-order valence-corrected chi connectivity index (χ4v) is 0.421. The fraction of sp³-hybridized carbons (Fsp3) is 0.250. The summed E-state index contributed by atoms with van der Waals surface area (Å²) < 4.78 is 11.8. The highest BCUT2D eigenvalue weighted by atomic mass is 19.2. The molecule has 1 heterocycles. The van der Waals surface area contributed by atoms with E-state index in [0.29, 0.717) is 5.69 Å². The van der Waals surface area contributed by atoms with Crippen molar-refractivity contribution in [2.75, 3.05) is 0 Å². The Morgan fingerprint density at radius 1 is 1.88 bits per heavy atom. The third kappa shape index (κ3) is 0.840. The van der Waals surface area contributed by atoms with Crippen LogP contribution in [0.1, 0.15) is 5.69 Å². The lowest BCUT2D eigenvalue weighted by atomic mass is 10.5. The van der Waals surface area contributed by atoms with Crippen molar-refractivity contribution in [1.29, 1.82) is 0 Å². The minimum absolute atomic E-state index is 0.158. The summed E-state index contributed by atoms with van der Waals surface area (Å²) >= 11 is 0. The number of halogens is 1. The molecular formula is C4H5FN2O. The van der Waals surface area contributed by atoms with Crippen LogP contribution in [0.5, 0.6) is 0 Å². The van der Waals surface area contributed by atoms with Crippen molar-refractivity contribution in [3.8, 4) is 0 Å². The minimum atomic E-state index is -0.211. The van der Waals surface area contributed by atoms with Crippen LogP contribution in [0.25, 0.3) is 0 Å². The second kappa shape index (κ2) is 1.92. The van der Waals surface area contributed by atoms with Crippen LogP contribution in [0.2, 0.25) is 0 Å². The van der Waals surface area contributed by atoms with Gasteiger partial charge in [0.25, 0.3) is 0 Å².